The van der Waals surface area contributed by atoms with Crippen LogP contribution in [0.25, 0.3) is 0 Å². The maximum Gasteiger partial charge on any atom is 0.321 e. The Hall–Kier alpha value is -0.650. The smallest absolute Gasteiger partial charge is 0.321 e. The summed E-state index contributed by atoms with van der Waals surface area (Å²) in [7, 11) is 0. The van der Waals surface area contributed by atoms with Crippen LogP contribution in [0.3, 0.4) is 0 Å². The highest BCUT2D eigenvalue weighted by Crippen LogP contribution is 2.33. The Morgan fingerprint density at radius 2 is 2.19 bits per heavy atom. The van der Waals surface area contributed by atoms with E-state index in [0.29, 0.717) is 5.75 Å². The molecule has 1 fully saturated rings. The van der Waals surface area contributed by atoms with Crippen LogP contribution in [0.4, 0.5) is 0 Å². The van der Waals surface area contributed by atoms with Crippen LogP contribution >= 0.6 is 23.5 Å². The van der Waals surface area contributed by atoms with E-state index in [4.69, 9.17) is 5.11 Å². The first-order valence-electron chi connectivity index (χ1n) is 4.95. The summed E-state index contributed by atoms with van der Waals surface area (Å²) in [6.07, 6.45) is 2.04. The van der Waals surface area contributed by atoms with E-state index in [9.17, 15) is 4.79 Å². The minimum Gasteiger partial charge on any atom is -0.480 e. The van der Waals surface area contributed by atoms with Gasteiger partial charge in [0.1, 0.15) is 6.04 Å². The van der Waals surface area contributed by atoms with Gasteiger partial charge in [-0.3, -0.25) is 10.1 Å². The Labute approximate surface area is 103 Å². The summed E-state index contributed by atoms with van der Waals surface area (Å²) in [4.78, 5) is 12.0. The number of rotatable bonds is 3. The molecule has 1 saturated heterocycles. The first-order valence-corrected chi connectivity index (χ1v) is 7.22. The molecule has 1 aliphatic heterocycles. The molecule has 0 bridgehead atoms. The third-order valence-corrected chi connectivity index (χ3v) is 4.51. The van der Waals surface area contributed by atoms with Gasteiger partial charge in [-0.1, -0.05) is 12.1 Å². The maximum absolute atomic E-state index is 10.8. The highest BCUT2D eigenvalue weighted by Gasteiger charge is 2.29. The molecule has 1 heterocycles. The monoisotopic (exact) mass is 255 g/mol. The molecular weight excluding hydrogens is 242 g/mol. The summed E-state index contributed by atoms with van der Waals surface area (Å²) < 4.78 is 0. The summed E-state index contributed by atoms with van der Waals surface area (Å²) in [6, 6.07) is 7.82. The van der Waals surface area contributed by atoms with Crippen molar-refractivity contribution in [3.8, 4) is 0 Å². The number of aliphatic carboxylic acids is 1. The Morgan fingerprint density at radius 1 is 1.50 bits per heavy atom. The van der Waals surface area contributed by atoms with Gasteiger partial charge in [0, 0.05) is 10.6 Å². The topological polar surface area (TPSA) is 49.3 Å². The minimum atomic E-state index is -0.768. The molecule has 1 aromatic rings. The van der Waals surface area contributed by atoms with Crippen LogP contribution in [0, 0.1) is 0 Å². The van der Waals surface area contributed by atoms with Crippen LogP contribution in [0.2, 0.25) is 0 Å². The zero-order valence-electron chi connectivity index (χ0n) is 8.84. The average Bonchev–Trinajstić information content (AvgIpc) is 2.78. The molecule has 0 saturated carbocycles. The Kier molecular flexibility index (Phi) is 3.78. The minimum absolute atomic E-state index is 0.108. The second-order valence-corrected chi connectivity index (χ2v) is 5.56. The van der Waals surface area contributed by atoms with Crippen molar-refractivity contribution < 1.29 is 9.90 Å². The summed E-state index contributed by atoms with van der Waals surface area (Å²) in [6.45, 7) is 0. The largest absolute Gasteiger partial charge is 0.480 e. The van der Waals surface area contributed by atoms with Crippen molar-refractivity contribution in [3.63, 3.8) is 0 Å². The van der Waals surface area contributed by atoms with Gasteiger partial charge in [-0.2, -0.15) is 0 Å². The van der Waals surface area contributed by atoms with Gasteiger partial charge in [0.15, 0.2) is 0 Å². The van der Waals surface area contributed by atoms with E-state index in [0.717, 1.165) is 5.56 Å². The van der Waals surface area contributed by atoms with Crippen molar-refractivity contribution in [3.05, 3.63) is 29.8 Å². The average molecular weight is 255 g/mol. The lowest BCUT2D eigenvalue weighted by Crippen LogP contribution is -2.33. The normalized spacial score (nSPS) is 24.6. The number of hydrogen-bond acceptors (Lipinski definition) is 4. The van der Waals surface area contributed by atoms with E-state index >= 15 is 0 Å². The van der Waals surface area contributed by atoms with Crippen LogP contribution in [0.15, 0.2) is 29.2 Å². The fourth-order valence-electron chi connectivity index (χ4n) is 1.59. The fraction of sp³-hybridized carbons (Fsp3) is 0.364. The number of carboxylic acids is 1. The van der Waals surface area contributed by atoms with E-state index in [1.54, 1.807) is 23.5 Å². The lowest BCUT2D eigenvalue weighted by atomic mass is 10.2. The summed E-state index contributed by atoms with van der Waals surface area (Å²) in [5.74, 6) is -0.139. The third kappa shape index (κ3) is 2.53. The van der Waals surface area contributed by atoms with E-state index in [1.165, 1.54) is 4.90 Å². The molecule has 2 N–H and O–H groups in total. The number of hydrogen-bond donors (Lipinski definition) is 2. The first kappa shape index (κ1) is 11.8. The Bertz CT molecular complexity index is 380. The number of carboxylic acid groups (broad SMARTS) is 1. The van der Waals surface area contributed by atoms with Gasteiger partial charge in [-0.15, -0.1) is 23.5 Å². The van der Waals surface area contributed by atoms with Gasteiger partial charge in [-0.05, 0) is 24.0 Å². The number of nitrogens with one attached hydrogen (secondary N) is 1. The molecule has 1 aromatic carbocycles. The fourth-order valence-corrected chi connectivity index (χ4v) is 3.23. The van der Waals surface area contributed by atoms with Crippen molar-refractivity contribution in [1.82, 2.24) is 5.32 Å². The molecule has 3 nitrogen and oxygen atoms in total. The number of thioether (sulfide) groups is 2. The number of benzene rings is 1. The predicted molar refractivity (Wildman–Crippen MR) is 68.0 cm³/mol. The molecule has 0 spiro atoms. The molecule has 1 aliphatic rings. The lowest BCUT2D eigenvalue weighted by molar-refractivity contribution is -0.138. The Morgan fingerprint density at radius 3 is 2.69 bits per heavy atom. The van der Waals surface area contributed by atoms with E-state index in [-0.39, 0.29) is 5.37 Å². The first-order chi connectivity index (χ1) is 7.70. The van der Waals surface area contributed by atoms with Crippen molar-refractivity contribution in [2.75, 3.05) is 12.0 Å². The van der Waals surface area contributed by atoms with Crippen molar-refractivity contribution in [2.24, 2.45) is 0 Å². The molecule has 86 valence electrons. The predicted octanol–water partition coefficient (Wildman–Crippen LogP) is 2.20. The Balaban J connectivity index is 2.05. The van der Waals surface area contributed by atoms with Gasteiger partial charge < -0.3 is 5.11 Å². The number of carbonyl (C=O) groups is 1. The third-order valence-electron chi connectivity index (χ3n) is 2.50. The van der Waals surface area contributed by atoms with Gasteiger partial charge in [0.2, 0.25) is 0 Å². The molecule has 0 amide bonds. The van der Waals surface area contributed by atoms with Crippen LogP contribution < -0.4 is 5.32 Å². The van der Waals surface area contributed by atoms with Crippen molar-refractivity contribution >= 4 is 29.5 Å². The van der Waals surface area contributed by atoms with Crippen molar-refractivity contribution in [2.45, 2.75) is 16.3 Å². The molecular formula is C11H13NO2S2. The van der Waals surface area contributed by atoms with E-state index in [1.807, 2.05) is 6.26 Å². The summed E-state index contributed by atoms with van der Waals surface area (Å²) >= 11 is 3.35. The van der Waals surface area contributed by atoms with Crippen LogP contribution in [-0.4, -0.2) is 29.1 Å². The zero-order chi connectivity index (χ0) is 11.5. The molecule has 1 unspecified atom stereocenters. The van der Waals surface area contributed by atoms with Crippen LogP contribution in [0.5, 0.6) is 0 Å². The van der Waals surface area contributed by atoms with Crippen LogP contribution in [-0.2, 0) is 4.79 Å². The van der Waals surface area contributed by atoms with Gasteiger partial charge >= 0.3 is 5.97 Å². The molecule has 0 radical (unpaired) electrons. The van der Waals surface area contributed by atoms with E-state index < -0.39 is 12.0 Å². The molecule has 0 aromatic heterocycles. The maximum atomic E-state index is 10.8. The standard InChI is InChI=1S/C11H13NO2S2/c1-15-8-4-2-7(3-5-8)10-12-9(6-16-10)11(13)14/h2-5,9-10,12H,6H2,1H3,(H,13,14)/t9-,10?/m1/s1. The SMILES string of the molecule is CSc1ccc(C2N[C@@H](C(=O)O)CS2)cc1. The zero-order valence-corrected chi connectivity index (χ0v) is 10.5. The van der Waals surface area contributed by atoms with E-state index in [2.05, 4.69) is 29.6 Å². The van der Waals surface area contributed by atoms with Gasteiger partial charge in [-0.25, -0.2) is 0 Å². The highest BCUT2D eigenvalue weighted by molar-refractivity contribution is 7.99. The van der Waals surface area contributed by atoms with Crippen molar-refractivity contribution in [1.29, 1.82) is 0 Å². The van der Waals surface area contributed by atoms with Crippen LogP contribution in [0.1, 0.15) is 10.9 Å². The molecule has 2 rings (SSSR count). The van der Waals surface area contributed by atoms with Gasteiger partial charge in [0.25, 0.3) is 0 Å². The summed E-state index contributed by atoms with van der Waals surface area (Å²) in [5.41, 5.74) is 1.14. The molecule has 0 aliphatic carbocycles. The lowest BCUT2D eigenvalue weighted by Gasteiger charge is -2.11. The molecule has 2 atom stereocenters. The molecule has 16 heavy (non-hydrogen) atoms. The quantitative estimate of drug-likeness (QED) is 0.811. The highest BCUT2D eigenvalue weighted by atomic mass is 32.2. The molecule has 5 heteroatoms. The second kappa shape index (κ2) is 5.12. The van der Waals surface area contributed by atoms with Gasteiger partial charge in [0.05, 0.1) is 5.37 Å². The summed E-state index contributed by atoms with van der Waals surface area (Å²) in [5, 5.41) is 12.1. The second-order valence-electron chi connectivity index (χ2n) is 3.54.